The quantitative estimate of drug-likeness (QED) is 0.737. The van der Waals surface area contributed by atoms with Crippen molar-refractivity contribution < 1.29 is 14.3 Å². The van der Waals surface area contributed by atoms with E-state index in [1.54, 1.807) is 12.1 Å². The number of hydrogen-bond donors (Lipinski definition) is 1. The predicted molar refractivity (Wildman–Crippen MR) is 74.6 cm³/mol. The van der Waals surface area contributed by atoms with Gasteiger partial charge in [0.15, 0.2) is 11.5 Å². The van der Waals surface area contributed by atoms with E-state index in [-0.39, 0.29) is 24.0 Å². The molecule has 0 aliphatic heterocycles. The number of esters is 1. The van der Waals surface area contributed by atoms with Gasteiger partial charge in [-0.05, 0) is 26.0 Å². The fourth-order valence-corrected chi connectivity index (χ4v) is 1.63. The summed E-state index contributed by atoms with van der Waals surface area (Å²) in [5.74, 6) is 0.115. The highest BCUT2D eigenvalue weighted by molar-refractivity contribution is 5.92. The normalized spacial score (nSPS) is 9.95. The predicted octanol–water partition coefficient (Wildman–Crippen LogP) is 0.616. The Morgan fingerprint density at radius 1 is 1.30 bits per heavy atom. The summed E-state index contributed by atoms with van der Waals surface area (Å²) in [5.41, 5.74) is 0.277. The van der Waals surface area contributed by atoms with Crippen molar-refractivity contribution in [2.24, 2.45) is 0 Å². The Morgan fingerprint density at radius 2 is 2.05 bits per heavy atom. The van der Waals surface area contributed by atoms with Crippen LogP contribution >= 0.6 is 0 Å². The van der Waals surface area contributed by atoms with Crippen LogP contribution in [0.25, 0.3) is 0 Å². The fourth-order valence-electron chi connectivity index (χ4n) is 1.63. The maximum absolute atomic E-state index is 11.6. The van der Waals surface area contributed by atoms with Crippen LogP contribution in [0.4, 0.5) is 5.82 Å². The van der Waals surface area contributed by atoms with Crippen LogP contribution in [0, 0.1) is 0 Å². The number of rotatable bonds is 7. The van der Waals surface area contributed by atoms with E-state index in [0.29, 0.717) is 25.5 Å². The van der Waals surface area contributed by atoms with Crippen LogP contribution < -0.4 is 10.2 Å². The molecule has 20 heavy (non-hydrogen) atoms. The summed E-state index contributed by atoms with van der Waals surface area (Å²) in [5, 5.41) is 10.6. The van der Waals surface area contributed by atoms with Gasteiger partial charge in [0.2, 0.25) is 0 Å². The highest BCUT2D eigenvalue weighted by atomic mass is 16.5. The van der Waals surface area contributed by atoms with E-state index < -0.39 is 0 Å². The zero-order valence-electron chi connectivity index (χ0n) is 12.0. The molecule has 0 aromatic carbocycles. The lowest BCUT2D eigenvalue weighted by atomic mass is 10.3. The van der Waals surface area contributed by atoms with Gasteiger partial charge in [0, 0.05) is 19.6 Å². The molecule has 0 bridgehead atoms. The van der Waals surface area contributed by atoms with Crippen molar-refractivity contribution in [3.63, 3.8) is 0 Å². The monoisotopic (exact) mass is 280 g/mol. The Labute approximate surface area is 118 Å². The first-order chi connectivity index (χ1) is 9.62. The molecule has 1 N–H and O–H groups in total. The third kappa shape index (κ3) is 4.49. The first kappa shape index (κ1) is 15.9. The minimum atomic E-state index is -0.268. The second-order valence-electron chi connectivity index (χ2n) is 4.04. The Hall–Kier alpha value is -2.18. The topological polar surface area (TPSA) is 84.4 Å². The molecule has 1 aromatic rings. The molecule has 0 radical (unpaired) electrons. The van der Waals surface area contributed by atoms with Crippen LogP contribution in [0.2, 0.25) is 0 Å². The van der Waals surface area contributed by atoms with Gasteiger partial charge in [-0.3, -0.25) is 9.59 Å². The van der Waals surface area contributed by atoms with E-state index in [4.69, 9.17) is 0 Å². The average molecular weight is 280 g/mol. The van der Waals surface area contributed by atoms with Gasteiger partial charge in [-0.1, -0.05) is 0 Å². The number of aromatic nitrogens is 2. The molecule has 0 saturated carbocycles. The molecule has 0 saturated heterocycles. The van der Waals surface area contributed by atoms with Gasteiger partial charge in [-0.25, -0.2) is 0 Å². The molecule has 1 heterocycles. The zero-order valence-corrected chi connectivity index (χ0v) is 12.0. The van der Waals surface area contributed by atoms with Gasteiger partial charge < -0.3 is 15.0 Å². The standard InChI is InChI=1S/C13H20N4O3/c1-4-14-13(19)10-6-7-11(16-15-10)17(5-2)9-8-12(18)20-3/h6-7H,4-5,8-9H2,1-3H3,(H,14,19). The Bertz CT molecular complexity index is 447. The molecule has 7 heteroatoms. The first-order valence-electron chi connectivity index (χ1n) is 6.56. The summed E-state index contributed by atoms with van der Waals surface area (Å²) < 4.78 is 4.60. The molecule has 0 spiro atoms. The van der Waals surface area contributed by atoms with E-state index in [2.05, 4.69) is 20.3 Å². The number of carbonyl (C=O) groups excluding carboxylic acids is 2. The molecule has 0 atom stereocenters. The van der Waals surface area contributed by atoms with Crippen LogP contribution in [-0.2, 0) is 9.53 Å². The van der Waals surface area contributed by atoms with Crippen LogP contribution in [0.1, 0.15) is 30.8 Å². The highest BCUT2D eigenvalue weighted by Gasteiger charge is 2.11. The fraction of sp³-hybridized carbons (Fsp3) is 0.538. The summed E-state index contributed by atoms with van der Waals surface area (Å²) in [6.45, 7) is 5.52. The lowest BCUT2D eigenvalue weighted by Gasteiger charge is -2.20. The second kappa shape index (κ2) is 8.08. The van der Waals surface area contributed by atoms with Crippen molar-refractivity contribution in [2.75, 3.05) is 31.6 Å². The third-order valence-electron chi connectivity index (χ3n) is 2.74. The van der Waals surface area contributed by atoms with Crippen molar-refractivity contribution in [1.29, 1.82) is 0 Å². The molecule has 0 fully saturated rings. The molecule has 1 rings (SSSR count). The Morgan fingerprint density at radius 3 is 2.55 bits per heavy atom. The molecule has 110 valence electrons. The van der Waals surface area contributed by atoms with Crippen LogP contribution in [0.3, 0.4) is 0 Å². The summed E-state index contributed by atoms with van der Waals surface area (Å²) >= 11 is 0. The molecule has 1 amide bonds. The zero-order chi connectivity index (χ0) is 15.0. The number of amides is 1. The number of carbonyl (C=O) groups is 2. The molecular formula is C13H20N4O3. The van der Waals surface area contributed by atoms with Gasteiger partial charge >= 0.3 is 5.97 Å². The Balaban J connectivity index is 2.69. The molecular weight excluding hydrogens is 260 g/mol. The number of methoxy groups -OCH3 is 1. The van der Waals surface area contributed by atoms with E-state index in [0.717, 1.165) is 0 Å². The number of anilines is 1. The summed E-state index contributed by atoms with van der Waals surface area (Å²) in [6, 6.07) is 3.34. The SMILES string of the molecule is CCNC(=O)c1ccc(N(CC)CCC(=O)OC)nn1. The van der Waals surface area contributed by atoms with Crippen molar-refractivity contribution in [2.45, 2.75) is 20.3 Å². The molecule has 0 aliphatic rings. The van der Waals surface area contributed by atoms with E-state index in [9.17, 15) is 9.59 Å². The summed E-state index contributed by atoms with van der Waals surface area (Å²) in [6.07, 6.45) is 0.282. The number of nitrogens with zero attached hydrogens (tertiary/aromatic N) is 3. The van der Waals surface area contributed by atoms with E-state index >= 15 is 0 Å². The number of ether oxygens (including phenoxy) is 1. The lowest BCUT2D eigenvalue weighted by molar-refractivity contribution is -0.140. The van der Waals surface area contributed by atoms with Crippen molar-refractivity contribution >= 4 is 17.7 Å². The maximum Gasteiger partial charge on any atom is 0.307 e. The average Bonchev–Trinajstić information content (AvgIpc) is 2.48. The summed E-state index contributed by atoms with van der Waals surface area (Å²) in [7, 11) is 1.36. The van der Waals surface area contributed by atoms with Gasteiger partial charge in [-0.15, -0.1) is 10.2 Å². The minimum Gasteiger partial charge on any atom is -0.469 e. The van der Waals surface area contributed by atoms with Gasteiger partial charge in [0.25, 0.3) is 5.91 Å². The van der Waals surface area contributed by atoms with Crippen molar-refractivity contribution in [3.05, 3.63) is 17.8 Å². The third-order valence-corrected chi connectivity index (χ3v) is 2.74. The first-order valence-corrected chi connectivity index (χ1v) is 6.56. The van der Waals surface area contributed by atoms with Crippen LogP contribution in [0.5, 0.6) is 0 Å². The Kier molecular flexibility index (Phi) is 6.42. The van der Waals surface area contributed by atoms with E-state index in [1.165, 1.54) is 7.11 Å². The van der Waals surface area contributed by atoms with Gasteiger partial charge in [0.05, 0.1) is 13.5 Å². The molecule has 0 aliphatic carbocycles. The van der Waals surface area contributed by atoms with Crippen molar-refractivity contribution in [3.8, 4) is 0 Å². The van der Waals surface area contributed by atoms with Crippen LogP contribution in [0.15, 0.2) is 12.1 Å². The summed E-state index contributed by atoms with van der Waals surface area (Å²) in [4.78, 5) is 24.6. The number of hydrogen-bond acceptors (Lipinski definition) is 6. The smallest absolute Gasteiger partial charge is 0.307 e. The minimum absolute atomic E-state index is 0.246. The van der Waals surface area contributed by atoms with Gasteiger partial charge in [0.1, 0.15) is 0 Å². The second-order valence-corrected chi connectivity index (χ2v) is 4.04. The molecule has 7 nitrogen and oxygen atoms in total. The molecule has 1 aromatic heterocycles. The lowest BCUT2D eigenvalue weighted by Crippen LogP contribution is -2.28. The van der Waals surface area contributed by atoms with Crippen LogP contribution in [-0.4, -0.2) is 48.8 Å². The number of nitrogens with one attached hydrogen (secondary N) is 1. The molecule has 0 unspecified atom stereocenters. The largest absolute Gasteiger partial charge is 0.469 e. The highest BCUT2D eigenvalue weighted by Crippen LogP contribution is 2.10. The van der Waals surface area contributed by atoms with E-state index in [1.807, 2.05) is 18.7 Å². The van der Waals surface area contributed by atoms with Crippen molar-refractivity contribution in [1.82, 2.24) is 15.5 Å². The maximum atomic E-state index is 11.6. The van der Waals surface area contributed by atoms with Gasteiger partial charge in [-0.2, -0.15) is 0 Å².